The van der Waals surface area contributed by atoms with Crippen LogP contribution in [0.3, 0.4) is 0 Å². The zero-order valence-electron chi connectivity index (χ0n) is 15.9. The number of hydrogen-bond donors (Lipinski definition) is 3. The maximum Gasteiger partial charge on any atom is 0.296 e. The molecular weight excluding hydrogens is 400 g/mol. The van der Waals surface area contributed by atoms with E-state index in [1.54, 1.807) is 6.07 Å². The summed E-state index contributed by atoms with van der Waals surface area (Å²) in [7, 11) is 1.90. The molecule has 11 heteroatoms. The number of imidazole rings is 1. The SMILES string of the molecule is Cc1cc(CNc2nc3nc(O[C@@H]4CO[C@H]5[C@@H]4OC[C@H]5O)[nH]c3cc2Cl)nn1C. The molecule has 154 valence electrons. The Morgan fingerprint density at radius 2 is 2.14 bits per heavy atom. The standard InChI is InChI=1S/C18H21ClN6O4/c1-8-3-9(24-25(8)2)5-20-16-10(19)4-11-17(22-16)23-18(21-11)29-13-7-28-14-12(26)6-27-15(13)14/h3-4,12-15,26H,5-7H2,1-2H3,(H2,20,21,22,23)/t12-,13-,14-,15-/m1/s1. The smallest absolute Gasteiger partial charge is 0.296 e. The normalized spacial score (nSPS) is 26.2. The number of halogens is 1. The van der Waals surface area contributed by atoms with Crippen molar-refractivity contribution in [3.8, 4) is 6.01 Å². The molecule has 0 aromatic carbocycles. The van der Waals surface area contributed by atoms with Gasteiger partial charge in [-0.2, -0.15) is 10.1 Å². The second kappa shape index (κ2) is 7.13. The minimum absolute atomic E-state index is 0.247. The van der Waals surface area contributed by atoms with E-state index in [2.05, 4.69) is 25.4 Å². The lowest BCUT2D eigenvalue weighted by atomic mass is 10.1. The Hall–Kier alpha value is -2.40. The molecule has 0 radical (unpaired) electrons. The fourth-order valence-electron chi connectivity index (χ4n) is 3.66. The van der Waals surface area contributed by atoms with Crippen molar-refractivity contribution in [2.45, 2.75) is 37.9 Å². The maximum absolute atomic E-state index is 9.84. The molecular formula is C18H21ClN6O4. The van der Waals surface area contributed by atoms with Gasteiger partial charge in [-0.25, -0.2) is 4.98 Å². The number of aryl methyl sites for hydroxylation is 2. The van der Waals surface area contributed by atoms with Gasteiger partial charge in [-0.3, -0.25) is 4.68 Å². The number of nitrogens with zero attached hydrogens (tertiary/aromatic N) is 4. The number of aromatic nitrogens is 5. The summed E-state index contributed by atoms with van der Waals surface area (Å²) in [4.78, 5) is 12.0. The second-order valence-electron chi connectivity index (χ2n) is 7.31. The minimum Gasteiger partial charge on any atom is -0.456 e. The summed E-state index contributed by atoms with van der Waals surface area (Å²) >= 11 is 6.37. The fraction of sp³-hybridized carbons (Fsp3) is 0.500. The number of pyridine rings is 1. The lowest BCUT2D eigenvalue weighted by Gasteiger charge is -2.15. The largest absolute Gasteiger partial charge is 0.456 e. The quantitative estimate of drug-likeness (QED) is 0.562. The van der Waals surface area contributed by atoms with Gasteiger partial charge in [0.1, 0.15) is 24.1 Å². The van der Waals surface area contributed by atoms with Crippen LogP contribution in [-0.2, 0) is 23.1 Å². The highest BCUT2D eigenvalue weighted by Gasteiger charge is 2.48. The molecule has 2 aliphatic heterocycles. The van der Waals surface area contributed by atoms with Gasteiger partial charge in [0.15, 0.2) is 11.8 Å². The van der Waals surface area contributed by atoms with Crippen LogP contribution in [0.4, 0.5) is 5.82 Å². The summed E-state index contributed by atoms with van der Waals surface area (Å²) in [6.45, 7) is 3.06. The Labute approximate surface area is 171 Å². The van der Waals surface area contributed by atoms with Gasteiger partial charge in [0.25, 0.3) is 6.01 Å². The van der Waals surface area contributed by atoms with E-state index in [1.807, 2.05) is 24.7 Å². The Kier molecular flexibility index (Phi) is 4.58. The van der Waals surface area contributed by atoms with Crippen LogP contribution < -0.4 is 10.1 Å². The Bertz CT molecular complexity index is 1030. The molecule has 0 bridgehead atoms. The molecule has 3 N–H and O–H groups in total. The molecule has 0 unspecified atom stereocenters. The van der Waals surface area contributed by atoms with E-state index in [1.165, 1.54) is 0 Å². The first-order valence-electron chi connectivity index (χ1n) is 9.35. The van der Waals surface area contributed by atoms with Crippen molar-refractivity contribution in [2.24, 2.45) is 7.05 Å². The number of aliphatic hydroxyl groups is 1. The average Bonchev–Trinajstić information content (AvgIpc) is 3.42. The molecule has 10 nitrogen and oxygen atoms in total. The van der Waals surface area contributed by atoms with Crippen molar-refractivity contribution in [3.05, 3.63) is 28.5 Å². The van der Waals surface area contributed by atoms with Crippen LogP contribution in [0.1, 0.15) is 11.4 Å². The summed E-state index contributed by atoms with van der Waals surface area (Å²) < 4.78 is 18.9. The molecule has 0 amide bonds. The van der Waals surface area contributed by atoms with Crippen molar-refractivity contribution in [2.75, 3.05) is 18.5 Å². The second-order valence-corrected chi connectivity index (χ2v) is 7.71. The van der Waals surface area contributed by atoms with Gasteiger partial charge >= 0.3 is 0 Å². The molecule has 5 heterocycles. The Morgan fingerprint density at radius 1 is 1.31 bits per heavy atom. The molecule has 3 aromatic rings. The molecule has 5 rings (SSSR count). The monoisotopic (exact) mass is 420 g/mol. The van der Waals surface area contributed by atoms with Crippen LogP contribution in [-0.4, -0.2) is 67.5 Å². The third-order valence-corrected chi connectivity index (χ3v) is 5.54. The van der Waals surface area contributed by atoms with Gasteiger partial charge in [0.2, 0.25) is 0 Å². The Morgan fingerprint density at radius 3 is 2.93 bits per heavy atom. The molecule has 0 aliphatic carbocycles. The number of ether oxygens (including phenoxy) is 3. The summed E-state index contributed by atoms with van der Waals surface area (Å²) in [6.07, 6.45) is -1.64. The van der Waals surface area contributed by atoms with E-state index in [0.29, 0.717) is 41.2 Å². The van der Waals surface area contributed by atoms with E-state index < -0.39 is 6.10 Å². The molecule has 0 saturated carbocycles. The first kappa shape index (κ1) is 18.6. The van der Waals surface area contributed by atoms with Gasteiger partial charge in [-0.05, 0) is 19.1 Å². The third kappa shape index (κ3) is 3.42. The molecule has 3 aromatic heterocycles. The number of hydrogen-bond acceptors (Lipinski definition) is 8. The first-order chi connectivity index (χ1) is 14.0. The molecule has 2 fully saturated rings. The van der Waals surface area contributed by atoms with Crippen molar-refractivity contribution >= 4 is 28.6 Å². The summed E-state index contributed by atoms with van der Waals surface area (Å²) in [6, 6.07) is 4.05. The van der Waals surface area contributed by atoms with Gasteiger partial charge < -0.3 is 29.6 Å². The van der Waals surface area contributed by atoms with Crippen molar-refractivity contribution in [1.29, 1.82) is 0 Å². The molecule has 29 heavy (non-hydrogen) atoms. The predicted octanol–water partition coefficient (Wildman–Crippen LogP) is 1.17. The van der Waals surface area contributed by atoms with E-state index >= 15 is 0 Å². The number of rotatable bonds is 5. The Balaban J connectivity index is 1.31. The van der Waals surface area contributed by atoms with Crippen molar-refractivity contribution in [3.63, 3.8) is 0 Å². The van der Waals surface area contributed by atoms with Crippen LogP contribution >= 0.6 is 11.6 Å². The van der Waals surface area contributed by atoms with E-state index in [-0.39, 0.29) is 24.9 Å². The lowest BCUT2D eigenvalue weighted by Crippen LogP contribution is -2.34. The van der Waals surface area contributed by atoms with E-state index in [4.69, 9.17) is 25.8 Å². The van der Waals surface area contributed by atoms with Gasteiger partial charge in [0.05, 0.1) is 36.0 Å². The van der Waals surface area contributed by atoms with Crippen LogP contribution in [0.5, 0.6) is 6.01 Å². The van der Waals surface area contributed by atoms with E-state index in [0.717, 1.165) is 11.4 Å². The molecule has 2 saturated heterocycles. The topological polar surface area (TPSA) is 119 Å². The molecule has 0 spiro atoms. The number of aromatic amines is 1. The van der Waals surface area contributed by atoms with Gasteiger partial charge in [-0.1, -0.05) is 11.6 Å². The number of aliphatic hydroxyl groups excluding tert-OH is 1. The summed E-state index contributed by atoms with van der Waals surface area (Å²) in [5, 5.41) is 17.9. The van der Waals surface area contributed by atoms with Gasteiger partial charge in [0, 0.05) is 12.7 Å². The molecule has 4 atom stereocenters. The lowest BCUT2D eigenvalue weighted by molar-refractivity contribution is 0.00706. The number of nitrogens with one attached hydrogen (secondary N) is 2. The number of anilines is 1. The summed E-state index contributed by atoms with van der Waals surface area (Å²) in [5.41, 5.74) is 3.10. The van der Waals surface area contributed by atoms with Crippen molar-refractivity contribution < 1.29 is 19.3 Å². The highest BCUT2D eigenvalue weighted by Crippen LogP contribution is 2.30. The fourth-order valence-corrected chi connectivity index (χ4v) is 3.88. The highest BCUT2D eigenvalue weighted by molar-refractivity contribution is 6.33. The van der Waals surface area contributed by atoms with E-state index in [9.17, 15) is 5.11 Å². The number of H-pyrrole nitrogens is 1. The summed E-state index contributed by atoms with van der Waals surface area (Å²) in [5.74, 6) is 0.520. The zero-order chi connectivity index (χ0) is 20.1. The minimum atomic E-state index is -0.624. The zero-order valence-corrected chi connectivity index (χ0v) is 16.7. The van der Waals surface area contributed by atoms with Crippen LogP contribution in [0.2, 0.25) is 5.02 Å². The van der Waals surface area contributed by atoms with Gasteiger partial charge in [-0.15, -0.1) is 0 Å². The maximum atomic E-state index is 9.84. The number of fused-ring (bicyclic) bond motifs is 2. The predicted molar refractivity (Wildman–Crippen MR) is 104 cm³/mol. The van der Waals surface area contributed by atoms with Crippen molar-refractivity contribution in [1.82, 2.24) is 24.7 Å². The third-order valence-electron chi connectivity index (χ3n) is 5.25. The highest BCUT2D eigenvalue weighted by atomic mass is 35.5. The average molecular weight is 421 g/mol. The van der Waals surface area contributed by atoms with Crippen LogP contribution in [0.15, 0.2) is 12.1 Å². The molecule has 2 aliphatic rings. The van der Waals surface area contributed by atoms with Crippen LogP contribution in [0, 0.1) is 6.92 Å². The van der Waals surface area contributed by atoms with Crippen LogP contribution in [0.25, 0.3) is 11.2 Å². The first-order valence-corrected chi connectivity index (χ1v) is 9.73.